The predicted octanol–water partition coefficient (Wildman–Crippen LogP) is 1.29. The van der Waals surface area contributed by atoms with Crippen molar-refractivity contribution in [3.8, 4) is 5.75 Å². The fourth-order valence-corrected chi connectivity index (χ4v) is 0.766. The molecule has 0 aromatic carbocycles. The molecule has 1 N–H and O–H groups in total. The molecule has 0 unspecified atom stereocenters. The van der Waals surface area contributed by atoms with Gasteiger partial charge in [0.1, 0.15) is 11.5 Å². The monoisotopic (exact) mass is 166 g/mol. The minimum absolute atomic E-state index is 0.484. The van der Waals surface area contributed by atoms with E-state index in [0.29, 0.717) is 17.2 Å². The third kappa shape index (κ3) is 1.72. The molecule has 0 atom stereocenters. The quantitative estimate of drug-likeness (QED) is 0.409. The van der Waals surface area contributed by atoms with E-state index >= 15 is 0 Å². The molecule has 0 fully saturated rings. The van der Waals surface area contributed by atoms with Gasteiger partial charge >= 0.3 is 0 Å². The van der Waals surface area contributed by atoms with E-state index in [9.17, 15) is 0 Å². The van der Waals surface area contributed by atoms with Gasteiger partial charge in [-0.3, -0.25) is 4.98 Å². The molecule has 0 saturated heterocycles. The van der Waals surface area contributed by atoms with Gasteiger partial charge in [-0.2, -0.15) is 0 Å². The zero-order valence-electron chi connectivity index (χ0n) is 6.98. The van der Waals surface area contributed by atoms with Crippen molar-refractivity contribution in [2.75, 3.05) is 7.11 Å². The van der Waals surface area contributed by atoms with Crippen LogP contribution in [-0.4, -0.2) is 23.0 Å². The summed E-state index contributed by atoms with van der Waals surface area (Å²) < 4.78 is 4.92. The molecule has 4 nitrogen and oxygen atoms in total. The molecule has 1 heterocycles. The molecule has 1 rings (SSSR count). The van der Waals surface area contributed by atoms with Crippen molar-refractivity contribution >= 4 is 5.71 Å². The summed E-state index contributed by atoms with van der Waals surface area (Å²) in [5.41, 5.74) is 1.12. The van der Waals surface area contributed by atoms with Crippen molar-refractivity contribution in [3.05, 3.63) is 24.0 Å². The van der Waals surface area contributed by atoms with E-state index < -0.39 is 0 Å². The maximum absolute atomic E-state index is 8.43. The van der Waals surface area contributed by atoms with Gasteiger partial charge in [0.2, 0.25) is 0 Å². The average molecular weight is 166 g/mol. The molecule has 1 aromatic heterocycles. The van der Waals surface area contributed by atoms with Gasteiger partial charge in [-0.05, 0) is 19.1 Å². The van der Waals surface area contributed by atoms with E-state index in [-0.39, 0.29) is 0 Å². The summed E-state index contributed by atoms with van der Waals surface area (Å²) in [5.74, 6) is 0.685. The van der Waals surface area contributed by atoms with Gasteiger partial charge in [-0.15, -0.1) is 0 Å². The Kier molecular flexibility index (Phi) is 2.63. The summed E-state index contributed by atoms with van der Waals surface area (Å²) >= 11 is 0. The molecule has 64 valence electrons. The predicted molar refractivity (Wildman–Crippen MR) is 44.8 cm³/mol. The second-order valence-corrected chi connectivity index (χ2v) is 2.27. The first-order valence-electron chi connectivity index (χ1n) is 3.47. The first-order chi connectivity index (χ1) is 5.77. The van der Waals surface area contributed by atoms with Crippen LogP contribution in [0, 0.1) is 0 Å². The number of oxime groups is 1. The van der Waals surface area contributed by atoms with Crippen LogP contribution in [0.1, 0.15) is 12.6 Å². The molecule has 1 aromatic rings. The Labute approximate surface area is 70.5 Å². The van der Waals surface area contributed by atoms with Gasteiger partial charge in [-0.25, -0.2) is 0 Å². The van der Waals surface area contributed by atoms with E-state index in [4.69, 9.17) is 9.94 Å². The van der Waals surface area contributed by atoms with E-state index in [1.54, 1.807) is 32.4 Å². The minimum Gasteiger partial charge on any atom is -0.495 e. The standard InChI is InChI=1S/C8H10N2O2/c1-6(10-11)8-4-3-7(12-2)5-9-8/h3-5,11H,1-2H3/b10-6+. The molecule has 12 heavy (non-hydrogen) atoms. The van der Waals surface area contributed by atoms with Crippen molar-refractivity contribution in [3.63, 3.8) is 0 Å². The molecule has 0 bridgehead atoms. The maximum Gasteiger partial charge on any atom is 0.137 e. The van der Waals surface area contributed by atoms with Crippen LogP contribution in [0.5, 0.6) is 5.75 Å². The lowest BCUT2D eigenvalue weighted by molar-refractivity contribution is 0.319. The number of ether oxygens (including phenoxy) is 1. The average Bonchev–Trinajstić information content (AvgIpc) is 2.17. The van der Waals surface area contributed by atoms with Crippen LogP contribution in [-0.2, 0) is 0 Å². The molecule has 4 heteroatoms. The van der Waals surface area contributed by atoms with E-state index in [0.717, 1.165) is 0 Å². The lowest BCUT2D eigenvalue weighted by atomic mass is 10.2. The van der Waals surface area contributed by atoms with Crippen LogP contribution in [0.25, 0.3) is 0 Å². The number of aromatic nitrogens is 1. The molecule has 0 aliphatic carbocycles. The van der Waals surface area contributed by atoms with Crippen LogP contribution in [0.15, 0.2) is 23.5 Å². The number of methoxy groups -OCH3 is 1. The Morgan fingerprint density at radius 1 is 1.58 bits per heavy atom. The van der Waals surface area contributed by atoms with Crippen LogP contribution >= 0.6 is 0 Å². The van der Waals surface area contributed by atoms with Gasteiger partial charge in [0.05, 0.1) is 19.0 Å². The summed E-state index contributed by atoms with van der Waals surface area (Å²) in [7, 11) is 1.57. The second kappa shape index (κ2) is 3.71. The SMILES string of the molecule is COc1ccc(/C(C)=N/O)nc1. The number of pyridine rings is 1. The van der Waals surface area contributed by atoms with Crippen molar-refractivity contribution in [2.24, 2.45) is 5.16 Å². The first kappa shape index (κ1) is 8.52. The molecule has 0 spiro atoms. The molecule has 0 aliphatic heterocycles. The van der Waals surface area contributed by atoms with E-state index in [2.05, 4.69) is 10.1 Å². The van der Waals surface area contributed by atoms with Crippen molar-refractivity contribution in [1.29, 1.82) is 0 Å². The summed E-state index contributed by atoms with van der Waals surface area (Å²) in [6.07, 6.45) is 1.57. The highest BCUT2D eigenvalue weighted by atomic mass is 16.5. The van der Waals surface area contributed by atoms with Gasteiger partial charge in [0, 0.05) is 0 Å². The van der Waals surface area contributed by atoms with Gasteiger partial charge < -0.3 is 9.94 Å². The highest BCUT2D eigenvalue weighted by molar-refractivity contribution is 5.96. The minimum atomic E-state index is 0.484. The fraction of sp³-hybridized carbons (Fsp3) is 0.250. The van der Waals surface area contributed by atoms with E-state index in [1.807, 2.05) is 0 Å². The number of hydrogen-bond donors (Lipinski definition) is 1. The van der Waals surface area contributed by atoms with Crippen LogP contribution in [0.3, 0.4) is 0 Å². The molecule has 0 aliphatic rings. The highest BCUT2D eigenvalue weighted by Gasteiger charge is 1.98. The maximum atomic E-state index is 8.43. The summed E-state index contributed by atoms with van der Waals surface area (Å²) in [6, 6.07) is 3.49. The normalized spacial score (nSPS) is 11.3. The third-order valence-corrected chi connectivity index (χ3v) is 1.49. The zero-order chi connectivity index (χ0) is 8.97. The van der Waals surface area contributed by atoms with Crippen LogP contribution in [0.4, 0.5) is 0 Å². The second-order valence-electron chi connectivity index (χ2n) is 2.27. The molecule has 0 saturated carbocycles. The third-order valence-electron chi connectivity index (χ3n) is 1.49. The van der Waals surface area contributed by atoms with Crippen molar-refractivity contribution in [1.82, 2.24) is 4.98 Å². The van der Waals surface area contributed by atoms with Crippen LogP contribution < -0.4 is 4.74 Å². The number of nitrogens with zero attached hydrogens (tertiary/aromatic N) is 2. The Bertz CT molecular complexity index is 280. The molecular weight excluding hydrogens is 156 g/mol. The van der Waals surface area contributed by atoms with Gasteiger partial charge in [-0.1, -0.05) is 5.16 Å². The Hall–Kier alpha value is -1.58. The van der Waals surface area contributed by atoms with Gasteiger partial charge in [0.15, 0.2) is 0 Å². The number of hydrogen-bond acceptors (Lipinski definition) is 4. The Balaban J connectivity index is 2.92. The largest absolute Gasteiger partial charge is 0.495 e. The molecule has 0 radical (unpaired) electrons. The lowest BCUT2D eigenvalue weighted by Crippen LogP contribution is -1.97. The Morgan fingerprint density at radius 2 is 2.33 bits per heavy atom. The van der Waals surface area contributed by atoms with E-state index in [1.165, 1.54) is 0 Å². The fourth-order valence-electron chi connectivity index (χ4n) is 0.766. The highest BCUT2D eigenvalue weighted by Crippen LogP contribution is 2.08. The zero-order valence-corrected chi connectivity index (χ0v) is 6.98. The Morgan fingerprint density at radius 3 is 2.75 bits per heavy atom. The molecule has 0 amide bonds. The van der Waals surface area contributed by atoms with Crippen molar-refractivity contribution < 1.29 is 9.94 Å². The lowest BCUT2D eigenvalue weighted by Gasteiger charge is -1.99. The molecular formula is C8H10N2O2. The summed E-state index contributed by atoms with van der Waals surface area (Å²) in [4.78, 5) is 4.00. The number of rotatable bonds is 2. The summed E-state index contributed by atoms with van der Waals surface area (Å²) in [5, 5.41) is 11.5. The smallest absolute Gasteiger partial charge is 0.137 e. The summed E-state index contributed by atoms with van der Waals surface area (Å²) in [6.45, 7) is 1.68. The topological polar surface area (TPSA) is 54.7 Å². The first-order valence-corrected chi connectivity index (χ1v) is 3.47. The van der Waals surface area contributed by atoms with Crippen LogP contribution in [0.2, 0.25) is 0 Å². The van der Waals surface area contributed by atoms with Crippen molar-refractivity contribution in [2.45, 2.75) is 6.92 Å². The van der Waals surface area contributed by atoms with Gasteiger partial charge in [0.25, 0.3) is 0 Å².